The van der Waals surface area contributed by atoms with Crippen LogP contribution < -0.4 is 5.73 Å². The second kappa shape index (κ2) is 3.67. The number of nitrogens with zero attached hydrogens (tertiary/aromatic N) is 1. The molecular formula is C15H16N2. The Bertz CT molecular complexity index is 556. The van der Waals surface area contributed by atoms with Gasteiger partial charge in [0.15, 0.2) is 0 Å². The van der Waals surface area contributed by atoms with Crippen molar-refractivity contribution in [2.45, 2.75) is 25.3 Å². The van der Waals surface area contributed by atoms with Gasteiger partial charge in [0, 0.05) is 17.9 Å². The summed E-state index contributed by atoms with van der Waals surface area (Å²) in [5, 5.41) is 0. The molecule has 0 spiro atoms. The van der Waals surface area contributed by atoms with Gasteiger partial charge in [-0.05, 0) is 48.1 Å². The van der Waals surface area contributed by atoms with Crippen molar-refractivity contribution in [2.75, 3.05) is 0 Å². The summed E-state index contributed by atoms with van der Waals surface area (Å²) in [7, 11) is 0. The van der Waals surface area contributed by atoms with Crippen LogP contribution in [0.1, 0.15) is 24.0 Å². The molecule has 0 radical (unpaired) electrons. The molecule has 2 heteroatoms. The summed E-state index contributed by atoms with van der Waals surface area (Å²) in [6, 6.07) is 10.5. The van der Waals surface area contributed by atoms with Crippen molar-refractivity contribution in [1.82, 2.24) is 4.98 Å². The number of hydrogen-bond acceptors (Lipinski definition) is 2. The molecule has 86 valence electrons. The van der Waals surface area contributed by atoms with Gasteiger partial charge in [-0.25, -0.2) is 0 Å². The summed E-state index contributed by atoms with van der Waals surface area (Å²) < 4.78 is 0. The highest BCUT2D eigenvalue weighted by Gasteiger charge is 2.41. The molecule has 1 heterocycles. The number of rotatable bonds is 2. The van der Waals surface area contributed by atoms with Gasteiger partial charge in [0.2, 0.25) is 0 Å². The Morgan fingerprint density at radius 2 is 1.88 bits per heavy atom. The predicted molar refractivity (Wildman–Crippen MR) is 69.5 cm³/mol. The van der Waals surface area contributed by atoms with Gasteiger partial charge in [0.05, 0.1) is 0 Å². The fourth-order valence-electron chi connectivity index (χ4n) is 2.31. The summed E-state index contributed by atoms with van der Waals surface area (Å²) in [6.07, 6.45) is 5.90. The van der Waals surface area contributed by atoms with E-state index in [1.165, 1.54) is 22.3 Å². The molecule has 1 saturated carbocycles. The van der Waals surface area contributed by atoms with E-state index in [1.807, 2.05) is 12.4 Å². The monoisotopic (exact) mass is 224 g/mol. The minimum absolute atomic E-state index is 0.133. The Kier molecular flexibility index (Phi) is 2.26. The van der Waals surface area contributed by atoms with Gasteiger partial charge in [0.25, 0.3) is 0 Å². The van der Waals surface area contributed by atoms with Crippen LogP contribution in [-0.4, -0.2) is 4.98 Å². The van der Waals surface area contributed by atoms with Gasteiger partial charge in [0.1, 0.15) is 0 Å². The fraction of sp³-hybridized carbons (Fsp3) is 0.267. The number of pyridine rings is 1. The van der Waals surface area contributed by atoms with E-state index in [-0.39, 0.29) is 5.54 Å². The number of aromatic nitrogens is 1. The van der Waals surface area contributed by atoms with E-state index in [9.17, 15) is 0 Å². The molecule has 0 saturated heterocycles. The van der Waals surface area contributed by atoms with Crippen LogP contribution in [0.2, 0.25) is 0 Å². The highest BCUT2D eigenvalue weighted by Crippen LogP contribution is 2.46. The van der Waals surface area contributed by atoms with E-state index in [0.29, 0.717) is 0 Å². The summed E-state index contributed by atoms with van der Waals surface area (Å²) >= 11 is 0. The molecule has 0 bridgehead atoms. The fourth-order valence-corrected chi connectivity index (χ4v) is 2.31. The van der Waals surface area contributed by atoms with Crippen molar-refractivity contribution in [3.8, 4) is 11.1 Å². The van der Waals surface area contributed by atoms with E-state index >= 15 is 0 Å². The van der Waals surface area contributed by atoms with E-state index in [1.54, 1.807) is 0 Å². The molecule has 3 rings (SSSR count). The Labute approximate surface area is 102 Å². The van der Waals surface area contributed by atoms with Gasteiger partial charge in [-0.2, -0.15) is 0 Å². The Hall–Kier alpha value is -1.67. The highest BCUT2D eigenvalue weighted by molar-refractivity contribution is 5.71. The third kappa shape index (κ3) is 1.75. The topological polar surface area (TPSA) is 38.9 Å². The molecule has 1 aliphatic carbocycles. The molecule has 0 unspecified atom stereocenters. The van der Waals surface area contributed by atoms with Crippen molar-refractivity contribution < 1.29 is 0 Å². The molecule has 2 aromatic rings. The third-order valence-electron chi connectivity index (χ3n) is 3.58. The minimum Gasteiger partial charge on any atom is -0.321 e. The Morgan fingerprint density at radius 1 is 1.12 bits per heavy atom. The van der Waals surface area contributed by atoms with Gasteiger partial charge >= 0.3 is 0 Å². The van der Waals surface area contributed by atoms with Crippen LogP contribution in [0.3, 0.4) is 0 Å². The Balaban J connectivity index is 2.18. The van der Waals surface area contributed by atoms with E-state index in [0.717, 1.165) is 12.8 Å². The first-order chi connectivity index (χ1) is 8.21. The second-order valence-corrected chi connectivity index (χ2v) is 4.89. The Morgan fingerprint density at radius 3 is 2.59 bits per heavy atom. The molecular weight excluding hydrogens is 208 g/mol. The first-order valence-corrected chi connectivity index (χ1v) is 6.00. The SMILES string of the molecule is Cc1ccccc1-c1ccncc1C1(N)CC1. The second-order valence-electron chi connectivity index (χ2n) is 4.89. The molecule has 0 amide bonds. The molecule has 17 heavy (non-hydrogen) atoms. The number of benzene rings is 1. The molecule has 2 N–H and O–H groups in total. The number of aryl methyl sites for hydroxylation is 1. The zero-order valence-electron chi connectivity index (χ0n) is 9.98. The lowest BCUT2D eigenvalue weighted by Gasteiger charge is -2.16. The molecule has 1 fully saturated rings. The first kappa shape index (κ1) is 10.5. The van der Waals surface area contributed by atoms with Crippen molar-refractivity contribution in [1.29, 1.82) is 0 Å². The van der Waals surface area contributed by atoms with Gasteiger partial charge in [-0.1, -0.05) is 24.3 Å². The maximum Gasteiger partial charge on any atom is 0.0432 e. The van der Waals surface area contributed by atoms with Crippen molar-refractivity contribution in [3.63, 3.8) is 0 Å². The van der Waals surface area contributed by atoms with Crippen molar-refractivity contribution >= 4 is 0 Å². The molecule has 1 aromatic heterocycles. The largest absolute Gasteiger partial charge is 0.321 e. The van der Waals surface area contributed by atoms with E-state index in [2.05, 4.69) is 42.2 Å². The van der Waals surface area contributed by atoms with E-state index in [4.69, 9.17) is 5.73 Å². The minimum atomic E-state index is -0.133. The van der Waals surface area contributed by atoms with Crippen LogP contribution >= 0.6 is 0 Å². The lowest BCUT2D eigenvalue weighted by Crippen LogP contribution is -2.20. The smallest absolute Gasteiger partial charge is 0.0432 e. The van der Waals surface area contributed by atoms with Crippen LogP contribution in [0.15, 0.2) is 42.7 Å². The quantitative estimate of drug-likeness (QED) is 0.851. The molecule has 0 atom stereocenters. The average Bonchev–Trinajstić information content (AvgIpc) is 3.09. The summed E-state index contributed by atoms with van der Waals surface area (Å²) in [6.45, 7) is 2.13. The molecule has 2 nitrogen and oxygen atoms in total. The average molecular weight is 224 g/mol. The zero-order valence-corrected chi connectivity index (χ0v) is 9.98. The summed E-state index contributed by atoms with van der Waals surface area (Å²) in [5.74, 6) is 0. The highest BCUT2D eigenvalue weighted by atomic mass is 14.8. The molecule has 1 aromatic carbocycles. The summed E-state index contributed by atoms with van der Waals surface area (Å²) in [5.41, 5.74) is 11.2. The predicted octanol–water partition coefficient (Wildman–Crippen LogP) is 3.00. The maximum absolute atomic E-state index is 6.32. The lowest BCUT2D eigenvalue weighted by molar-refractivity contribution is 0.737. The van der Waals surface area contributed by atoms with Crippen molar-refractivity contribution in [2.24, 2.45) is 5.73 Å². The van der Waals surface area contributed by atoms with E-state index < -0.39 is 0 Å². The van der Waals surface area contributed by atoms with Crippen LogP contribution in [0.4, 0.5) is 0 Å². The first-order valence-electron chi connectivity index (χ1n) is 6.00. The standard InChI is InChI=1S/C15H16N2/c1-11-4-2-3-5-12(11)13-6-9-17-10-14(13)15(16)7-8-15/h2-6,9-10H,7-8,16H2,1H3. The van der Waals surface area contributed by atoms with Crippen LogP contribution in [-0.2, 0) is 5.54 Å². The zero-order chi connectivity index (χ0) is 11.9. The van der Waals surface area contributed by atoms with Crippen molar-refractivity contribution in [3.05, 3.63) is 53.9 Å². The third-order valence-corrected chi connectivity index (χ3v) is 3.58. The molecule has 1 aliphatic rings. The van der Waals surface area contributed by atoms with Crippen LogP contribution in [0.25, 0.3) is 11.1 Å². The number of nitrogens with two attached hydrogens (primary N) is 1. The normalized spacial score (nSPS) is 16.8. The van der Waals surface area contributed by atoms with Gasteiger partial charge in [-0.3, -0.25) is 4.98 Å². The number of hydrogen-bond donors (Lipinski definition) is 1. The lowest BCUT2D eigenvalue weighted by atomic mass is 9.93. The summed E-state index contributed by atoms with van der Waals surface area (Å²) in [4.78, 5) is 4.23. The van der Waals surface area contributed by atoms with Gasteiger partial charge in [-0.15, -0.1) is 0 Å². The molecule has 0 aliphatic heterocycles. The van der Waals surface area contributed by atoms with Crippen LogP contribution in [0, 0.1) is 6.92 Å². The van der Waals surface area contributed by atoms with Gasteiger partial charge < -0.3 is 5.73 Å². The maximum atomic E-state index is 6.32. The van der Waals surface area contributed by atoms with Crippen LogP contribution in [0.5, 0.6) is 0 Å².